The van der Waals surface area contributed by atoms with E-state index in [0.29, 0.717) is 23.1 Å². The Morgan fingerprint density at radius 3 is 3.00 bits per heavy atom. The third-order valence-electron chi connectivity index (χ3n) is 2.95. The van der Waals surface area contributed by atoms with Crippen molar-refractivity contribution in [3.63, 3.8) is 0 Å². The van der Waals surface area contributed by atoms with Crippen molar-refractivity contribution in [3.05, 3.63) is 34.1 Å². The summed E-state index contributed by atoms with van der Waals surface area (Å²) in [5.74, 6) is -0.617. The molecule has 1 unspecified atom stereocenters. The molecule has 6 heteroatoms. The highest BCUT2D eigenvalue weighted by atomic mass is 79.9. The molecule has 1 aliphatic heterocycles. The van der Waals surface area contributed by atoms with Gasteiger partial charge in [0.2, 0.25) is 0 Å². The van der Waals surface area contributed by atoms with Crippen LogP contribution < -0.4 is 10.6 Å². The number of nitrogens with one attached hydrogen (secondary N) is 2. The zero-order valence-corrected chi connectivity index (χ0v) is 11.5. The van der Waals surface area contributed by atoms with Gasteiger partial charge in [-0.15, -0.1) is 0 Å². The first-order chi connectivity index (χ1) is 8.61. The lowest BCUT2D eigenvalue weighted by Gasteiger charge is -2.18. The number of amides is 1. The molecule has 2 rings (SSSR count). The Kier molecular flexibility index (Phi) is 4.31. The van der Waals surface area contributed by atoms with Crippen LogP contribution in [0.25, 0.3) is 0 Å². The monoisotopic (exact) mass is 316 g/mol. The van der Waals surface area contributed by atoms with Crippen LogP contribution in [0.5, 0.6) is 0 Å². The number of hydrogen-bond donors (Lipinski definition) is 2. The van der Waals surface area contributed by atoms with E-state index in [1.807, 2.05) is 0 Å². The maximum Gasteiger partial charge on any atom is 0.252 e. The molecule has 1 amide bonds. The first-order valence-electron chi connectivity index (χ1n) is 5.61. The third kappa shape index (κ3) is 2.88. The van der Waals surface area contributed by atoms with Crippen LogP contribution in [0.1, 0.15) is 10.4 Å². The van der Waals surface area contributed by atoms with Gasteiger partial charge in [-0.05, 0) is 34.1 Å². The molecule has 0 bridgehead atoms. The van der Waals surface area contributed by atoms with E-state index >= 15 is 0 Å². The summed E-state index contributed by atoms with van der Waals surface area (Å²) < 4.78 is 18.6. The van der Waals surface area contributed by atoms with Crippen molar-refractivity contribution in [2.24, 2.45) is 0 Å². The Hall–Kier alpha value is -0.980. The summed E-state index contributed by atoms with van der Waals surface area (Å²) in [6.07, 6.45) is -0.0341. The first kappa shape index (κ1) is 13.5. The van der Waals surface area contributed by atoms with Crippen molar-refractivity contribution in [1.82, 2.24) is 10.6 Å². The Morgan fingerprint density at radius 2 is 2.33 bits per heavy atom. The molecule has 1 fully saturated rings. The van der Waals surface area contributed by atoms with Crippen LogP contribution in [0.4, 0.5) is 4.39 Å². The van der Waals surface area contributed by atoms with Gasteiger partial charge in [0.05, 0.1) is 17.7 Å². The van der Waals surface area contributed by atoms with Gasteiger partial charge >= 0.3 is 0 Å². The lowest BCUT2D eigenvalue weighted by Crippen LogP contribution is -2.43. The summed E-state index contributed by atoms with van der Waals surface area (Å²) in [4.78, 5) is 12.0. The van der Waals surface area contributed by atoms with Crippen LogP contribution in [0.3, 0.4) is 0 Å². The van der Waals surface area contributed by atoms with Crippen molar-refractivity contribution in [2.75, 3.05) is 20.2 Å². The maximum atomic E-state index is 12.9. The molecule has 0 aromatic heterocycles. The normalized spacial score (nSPS) is 23.1. The second-order valence-corrected chi connectivity index (χ2v) is 4.99. The lowest BCUT2D eigenvalue weighted by molar-refractivity contribution is 0.0779. The fourth-order valence-electron chi connectivity index (χ4n) is 1.97. The van der Waals surface area contributed by atoms with E-state index in [-0.39, 0.29) is 23.9 Å². The van der Waals surface area contributed by atoms with Gasteiger partial charge in [0, 0.05) is 24.7 Å². The Bertz CT molecular complexity index is 456. The third-order valence-corrected chi connectivity index (χ3v) is 3.61. The molecule has 0 radical (unpaired) electrons. The van der Waals surface area contributed by atoms with Crippen LogP contribution in [0, 0.1) is 5.82 Å². The molecule has 1 aliphatic rings. The van der Waals surface area contributed by atoms with Crippen molar-refractivity contribution in [2.45, 2.75) is 12.1 Å². The minimum absolute atomic E-state index is 0.0341. The highest BCUT2D eigenvalue weighted by molar-refractivity contribution is 9.10. The molecule has 1 saturated heterocycles. The van der Waals surface area contributed by atoms with Gasteiger partial charge in [-0.2, -0.15) is 0 Å². The van der Waals surface area contributed by atoms with Crippen molar-refractivity contribution in [3.8, 4) is 0 Å². The maximum absolute atomic E-state index is 12.9. The summed E-state index contributed by atoms with van der Waals surface area (Å²) in [6.45, 7) is 1.38. The van der Waals surface area contributed by atoms with E-state index in [1.54, 1.807) is 7.11 Å². The number of methoxy groups -OCH3 is 1. The van der Waals surface area contributed by atoms with Gasteiger partial charge in [-0.1, -0.05) is 0 Å². The predicted molar refractivity (Wildman–Crippen MR) is 69.0 cm³/mol. The first-order valence-corrected chi connectivity index (χ1v) is 6.40. The highest BCUT2D eigenvalue weighted by Crippen LogP contribution is 2.18. The molecular weight excluding hydrogens is 303 g/mol. The van der Waals surface area contributed by atoms with Crippen molar-refractivity contribution < 1.29 is 13.9 Å². The summed E-state index contributed by atoms with van der Waals surface area (Å²) in [5, 5.41) is 6.02. The lowest BCUT2D eigenvalue weighted by atomic mass is 10.1. The number of carbonyl (C=O) groups excluding carboxylic acids is 1. The molecule has 1 heterocycles. The van der Waals surface area contributed by atoms with E-state index in [9.17, 15) is 9.18 Å². The minimum atomic E-state index is -0.379. The van der Waals surface area contributed by atoms with E-state index < -0.39 is 0 Å². The average molecular weight is 317 g/mol. The number of benzene rings is 1. The van der Waals surface area contributed by atoms with Crippen LogP contribution in [-0.2, 0) is 4.74 Å². The zero-order chi connectivity index (χ0) is 13.1. The minimum Gasteiger partial charge on any atom is -0.378 e. The number of hydrogen-bond acceptors (Lipinski definition) is 3. The SMILES string of the molecule is CO[C@@H]1CNCC1NC(=O)c1ccc(F)cc1Br. The van der Waals surface area contributed by atoms with Crippen LogP contribution in [0.15, 0.2) is 22.7 Å². The largest absolute Gasteiger partial charge is 0.378 e. The average Bonchev–Trinajstić information content (AvgIpc) is 2.76. The molecule has 98 valence electrons. The van der Waals surface area contributed by atoms with Crippen LogP contribution in [-0.4, -0.2) is 38.3 Å². The molecule has 18 heavy (non-hydrogen) atoms. The predicted octanol–water partition coefficient (Wildman–Crippen LogP) is 1.30. The number of rotatable bonds is 3. The molecule has 0 saturated carbocycles. The number of ether oxygens (including phenoxy) is 1. The van der Waals surface area contributed by atoms with E-state index in [4.69, 9.17) is 4.74 Å². The van der Waals surface area contributed by atoms with Gasteiger partial charge in [0.15, 0.2) is 0 Å². The molecule has 2 atom stereocenters. The summed E-state index contributed by atoms with van der Waals surface area (Å²) in [5.41, 5.74) is 0.415. The topological polar surface area (TPSA) is 50.4 Å². The Labute approximate surface area is 113 Å². The quantitative estimate of drug-likeness (QED) is 0.884. The van der Waals surface area contributed by atoms with Crippen molar-refractivity contribution >= 4 is 21.8 Å². The Balaban J connectivity index is 2.07. The van der Waals surface area contributed by atoms with Gasteiger partial charge < -0.3 is 15.4 Å². The highest BCUT2D eigenvalue weighted by Gasteiger charge is 2.28. The smallest absolute Gasteiger partial charge is 0.252 e. The van der Waals surface area contributed by atoms with Crippen LogP contribution in [0.2, 0.25) is 0 Å². The molecule has 1 aromatic rings. The fourth-order valence-corrected chi connectivity index (χ4v) is 2.50. The van der Waals surface area contributed by atoms with E-state index in [2.05, 4.69) is 26.6 Å². The van der Waals surface area contributed by atoms with Crippen LogP contribution >= 0.6 is 15.9 Å². The van der Waals surface area contributed by atoms with Crippen molar-refractivity contribution in [1.29, 1.82) is 0 Å². The van der Waals surface area contributed by atoms with Gasteiger partial charge in [0.1, 0.15) is 5.82 Å². The summed E-state index contributed by atoms with van der Waals surface area (Å²) in [6, 6.07) is 3.93. The van der Waals surface area contributed by atoms with Gasteiger partial charge in [-0.3, -0.25) is 4.79 Å². The standard InChI is InChI=1S/C12H14BrFN2O2/c1-18-11-6-15-5-10(11)16-12(17)8-3-2-7(14)4-9(8)13/h2-4,10-11,15H,5-6H2,1H3,(H,16,17)/t10?,11-/m1/s1. The number of halogens is 2. The molecule has 2 N–H and O–H groups in total. The molecule has 0 aliphatic carbocycles. The van der Waals surface area contributed by atoms with Gasteiger partial charge in [-0.25, -0.2) is 4.39 Å². The molecular formula is C12H14BrFN2O2. The summed E-state index contributed by atoms with van der Waals surface area (Å²) in [7, 11) is 1.62. The number of carbonyl (C=O) groups is 1. The fraction of sp³-hybridized carbons (Fsp3) is 0.417. The van der Waals surface area contributed by atoms with E-state index in [1.165, 1.54) is 18.2 Å². The molecule has 0 spiro atoms. The van der Waals surface area contributed by atoms with E-state index in [0.717, 1.165) is 0 Å². The Morgan fingerprint density at radius 1 is 1.56 bits per heavy atom. The molecule has 1 aromatic carbocycles. The van der Waals surface area contributed by atoms with Gasteiger partial charge in [0.25, 0.3) is 5.91 Å². The molecule has 4 nitrogen and oxygen atoms in total. The summed E-state index contributed by atoms with van der Waals surface area (Å²) >= 11 is 3.18. The second kappa shape index (κ2) is 5.77. The second-order valence-electron chi connectivity index (χ2n) is 4.14. The zero-order valence-electron chi connectivity index (χ0n) is 9.87.